The van der Waals surface area contributed by atoms with Crippen LogP contribution >= 0.6 is 12.6 Å². The molecule has 3 aliphatic rings. The largest absolute Gasteiger partial charge is 0.494 e. The lowest BCUT2D eigenvalue weighted by Gasteiger charge is -2.53. The topological polar surface area (TPSA) is 30.9 Å². The van der Waals surface area contributed by atoms with Crippen molar-refractivity contribution < 1.29 is 53.7 Å². The van der Waals surface area contributed by atoms with Crippen LogP contribution < -0.4 is 4.74 Å². The summed E-state index contributed by atoms with van der Waals surface area (Å²) in [6.45, 7) is 12.1. The molecule has 1 aromatic carbocycles. The Morgan fingerprint density at radius 3 is 2.07 bits per heavy atom. The van der Waals surface area contributed by atoms with Gasteiger partial charge in [-0.05, 0) is 123 Å². The standard InChI is InChI=1S/C41H62F9NO3S/c1-8-27(3)36(6,9-2)18-19-37-17-16-31-30-13-11-29(52-23-20-35(4,5)55)26-28(30)10-12-32(31)33(37)14-15-34(37)53-24-21-51(7)22-25-54-38(39(42,43)44,40(45,46)47)41(48,49)50/h11,13,26-27,31-34,55H,8-10,12,14-25H2,1-7H3/t27?,31?,32?,33?,34?,36-,37?/m1/s1. The number of fused-ring (bicyclic) bond motifs is 5. The molecule has 1 aromatic rings. The average Bonchev–Trinajstić information content (AvgIpc) is 3.44. The first kappa shape index (κ1) is 46.3. The Balaban J connectivity index is 1.47. The lowest BCUT2D eigenvalue weighted by Crippen LogP contribution is -2.68. The van der Waals surface area contributed by atoms with Crippen LogP contribution in [0.4, 0.5) is 39.5 Å². The van der Waals surface area contributed by atoms with E-state index < -0.39 is 37.3 Å². The van der Waals surface area contributed by atoms with Crippen LogP contribution in [0.3, 0.4) is 0 Å². The number of likely N-dealkylation sites (N-methyl/N-ethyl adjacent to an activating group) is 1. The van der Waals surface area contributed by atoms with Crippen molar-refractivity contribution in [3.8, 4) is 5.75 Å². The van der Waals surface area contributed by atoms with Crippen LogP contribution in [0, 0.1) is 28.6 Å². The van der Waals surface area contributed by atoms with E-state index in [4.69, 9.17) is 9.47 Å². The van der Waals surface area contributed by atoms with Crippen LogP contribution in [0.5, 0.6) is 5.75 Å². The number of thiol groups is 1. The van der Waals surface area contributed by atoms with E-state index in [-0.39, 0.29) is 34.8 Å². The molecule has 0 radical (unpaired) electrons. The van der Waals surface area contributed by atoms with Gasteiger partial charge in [0.05, 0.1) is 25.9 Å². The molecule has 0 bridgehead atoms. The van der Waals surface area contributed by atoms with E-state index in [1.165, 1.54) is 23.1 Å². The Kier molecular flexibility index (Phi) is 14.7. The number of hydrogen-bond acceptors (Lipinski definition) is 5. The fourth-order valence-corrected chi connectivity index (χ4v) is 9.97. The molecule has 0 saturated heterocycles. The van der Waals surface area contributed by atoms with Gasteiger partial charge < -0.3 is 19.1 Å². The predicted molar refractivity (Wildman–Crippen MR) is 200 cm³/mol. The van der Waals surface area contributed by atoms with Gasteiger partial charge in [0.1, 0.15) is 5.75 Å². The highest BCUT2D eigenvalue weighted by atomic mass is 32.1. The predicted octanol–water partition coefficient (Wildman–Crippen LogP) is 12.0. The normalized spacial score (nSPS) is 26.7. The third kappa shape index (κ3) is 9.91. The van der Waals surface area contributed by atoms with Gasteiger partial charge >= 0.3 is 24.1 Å². The lowest BCUT2D eigenvalue weighted by molar-refractivity contribution is -0.457. The minimum absolute atomic E-state index is 0.0808. The molecule has 55 heavy (non-hydrogen) atoms. The fourth-order valence-electron chi connectivity index (χ4n) is 9.88. The van der Waals surface area contributed by atoms with Crippen molar-refractivity contribution in [3.05, 3.63) is 29.3 Å². The summed E-state index contributed by atoms with van der Waals surface area (Å²) in [7, 11) is 1.41. The number of aryl methyl sites for hydroxylation is 1. The molecule has 0 spiro atoms. The van der Waals surface area contributed by atoms with Crippen molar-refractivity contribution in [1.82, 2.24) is 4.90 Å². The third-order valence-electron chi connectivity index (χ3n) is 13.9. The van der Waals surface area contributed by atoms with Gasteiger partial charge in [-0.1, -0.05) is 60.5 Å². The number of benzene rings is 1. The van der Waals surface area contributed by atoms with E-state index in [0.717, 1.165) is 76.4 Å². The molecule has 6 unspecified atom stereocenters. The molecule has 3 aliphatic carbocycles. The maximum Gasteiger partial charge on any atom is 0.435 e. The first-order chi connectivity index (χ1) is 25.4. The van der Waals surface area contributed by atoms with E-state index in [0.29, 0.717) is 30.3 Å². The van der Waals surface area contributed by atoms with Crippen molar-refractivity contribution in [2.75, 3.05) is 40.0 Å². The number of halogens is 9. The van der Waals surface area contributed by atoms with E-state index in [2.05, 4.69) is 77.1 Å². The van der Waals surface area contributed by atoms with E-state index in [1.807, 2.05) is 0 Å². The van der Waals surface area contributed by atoms with Gasteiger partial charge in [0.15, 0.2) is 0 Å². The van der Waals surface area contributed by atoms with Crippen LogP contribution in [-0.4, -0.2) is 79.8 Å². The van der Waals surface area contributed by atoms with Crippen LogP contribution in [0.15, 0.2) is 18.2 Å². The second-order valence-corrected chi connectivity index (χ2v) is 18.7. The molecule has 7 atom stereocenters. The maximum atomic E-state index is 13.3. The monoisotopic (exact) mass is 819 g/mol. The number of ether oxygens (including phenoxy) is 3. The Morgan fingerprint density at radius 1 is 0.855 bits per heavy atom. The second-order valence-electron chi connectivity index (χ2n) is 17.5. The second kappa shape index (κ2) is 17.5. The van der Waals surface area contributed by atoms with E-state index >= 15 is 0 Å². The van der Waals surface area contributed by atoms with Crippen molar-refractivity contribution >= 4 is 12.6 Å². The Labute approximate surface area is 327 Å². The molecule has 2 fully saturated rings. The molecule has 0 aliphatic heterocycles. The molecule has 14 heteroatoms. The minimum Gasteiger partial charge on any atom is -0.494 e. The van der Waals surface area contributed by atoms with Crippen molar-refractivity contribution in [1.29, 1.82) is 0 Å². The zero-order chi connectivity index (χ0) is 41.3. The lowest BCUT2D eigenvalue weighted by atomic mass is 9.52. The summed E-state index contributed by atoms with van der Waals surface area (Å²) in [6, 6.07) is 6.54. The van der Waals surface area contributed by atoms with Gasteiger partial charge in [-0.2, -0.15) is 52.1 Å². The molecule has 0 aromatic heterocycles. The molecule has 4 nitrogen and oxygen atoms in total. The van der Waals surface area contributed by atoms with Gasteiger partial charge in [-0.25, -0.2) is 0 Å². The van der Waals surface area contributed by atoms with Gasteiger partial charge in [0.2, 0.25) is 0 Å². The quantitative estimate of drug-likeness (QED) is 0.118. The Hall–Kier alpha value is -1.38. The van der Waals surface area contributed by atoms with Gasteiger partial charge in [-0.3, -0.25) is 0 Å². The van der Waals surface area contributed by atoms with E-state index in [9.17, 15) is 39.5 Å². The van der Waals surface area contributed by atoms with Crippen LogP contribution in [0.1, 0.15) is 123 Å². The molecule has 318 valence electrons. The highest BCUT2D eigenvalue weighted by molar-refractivity contribution is 7.81. The van der Waals surface area contributed by atoms with Gasteiger partial charge in [0.25, 0.3) is 0 Å². The number of alkyl halides is 9. The summed E-state index contributed by atoms with van der Waals surface area (Å²) in [5.41, 5.74) is -3.45. The maximum absolute atomic E-state index is 13.3. The minimum atomic E-state index is -6.75. The number of nitrogens with zero attached hydrogens (tertiary/aromatic N) is 1. The molecule has 4 rings (SSSR count). The number of rotatable bonds is 18. The summed E-state index contributed by atoms with van der Waals surface area (Å²) in [5.74, 6) is 2.76. The molecular formula is C41H62F9NO3S. The van der Waals surface area contributed by atoms with E-state index in [1.54, 1.807) is 0 Å². The third-order valence-corrected chi connectivity index (χ3v) is 14.1. The zero-order valence-electron chi connectivity index (χ0n) is 33.5. The average molecular weight is 820 g/mol. The molecular weight excluding hydrogens is 758 g/mol. The van der Waals surface area contributed by atoms with Gasteiger partial charge in [-0.15, -0.1) is 0 Å². The highest BCUT2D eigenvalue weighted by Crippen LogP contribution is 2.64. The fraction of sp³-hybridized carbons (Fsp3) is 0.854. The summed E-state index contributed by atoms with van der Waals surface area (Å²) < 4.78 is 136. The summed E-state index contributed by atoms with van der Waals surface area (Å²) in [6.07, 6.45) is -9.44. The summed E-state index contributed by atoms with van der Waals surface area (Å²) in [4.78, 5) is 1.34. The molecule has 2 saturated carbocycles. The van der Waals surface area contributed by atoms with Crippen LogP contribution in [-0.2, 0) is 15.9 Å². The smallest absolute Gasteiger partial charge is 0.435 e. The van der Waals surface area contributed by atoms with Crippen LogP contribution in [0.2, 0.25) is 0 Å². The first-order valence-corrected chi connectivity index (χ1v) is 20.4. The Bertz CT molecular complexity index is 1360. The van der Waals surface area contributed by atoms with Crippen molar-refractivity contribution in [3.63, 3.8) is 0 Å². The van der Waals surface area contributed by atoms with Crippen LogP contribution in [0.25, 0.3) is 0 Å². The van der Waals surface area contributed by atoms with Crippen molar-refractivity contribution in [2.45, 2.75) is 153 Å². The Morgan fingerprint density at radius 2 is 1.49 bits per heavy atom. The molecule has 0 heterocycles. The molecule has 0 N–H and O–H groups in total. The SMILES string of the molecule is CCC(C)[C@](C)(CC)CCC12CCC3c4ccc(OCCC(C)(C)S)cc4CCC3C1CCC2OCCN(C)CCOC(C(F)(F)F)(C(F)(F)F)C(F)(F)F. The zero-order valence-corrected chi connectivity index (χ0v) is 34.3. The summed E-state index contributed by atoms with van der Waals surface area (Å²) >= 11 is 4.61. The first-order valence-electron chi connectivity index (χ1n) is 20.0. The summed E-state index contributed by atoms with van der Waals surface area (Å²) in [5, 5.41) is 0. The highest BCUT2D eigenvalue weighted by Gasteiger charge is 2.85. The molecule has 0 amide bonds. The number of hydrogen-bond donors (Lipinski definition) is 1. The van der Waals surface area contributed by atoms with Gasteiger partial charge in [0, 0.05) is 17.8 Å². The van der Waals surface area contributed by atoms with Crippen molar-refractivity contribution in [2.24, 2.45) is 28.6 Å².